The van der Waals surface area contributed by atoms with E-state index in [-0.39, 0.29) is 18.6 Å². The van der Waals surface area contributed by atoms with Crippen molar-refractivity contribution in [1.82, 2.24) is 4.90 Å². The maximum atomic E-state index is 13.0. The summed E-state index contributed by atoms with van der Waals surface area (Å²) in [4.78, 5) is 52.4. The summed E-state index contributed by atoms with van der Waals surface area (Å²) in [5, 5.41) is 21.2. The van der Waals surface area contributed by atoms with Gasteiger partial charge >= 0.3 is 17.9 Å². The summed E-state index contributed by atoms with van der Waals surface area (Å²) in [6, 6.07) is 0. The summed E-state index contributed by atoms with van der Waals surface area (Å²) in [6.07, 6.45) is -1.53. The molecule has 2 heterocycles. The Balaban J connectivity index is 2.56. The second-order valence-corrected chi connectivity index (χ2v) is 8.52. The summed E-state index contributed by atoms with van der Waals surface area (Å²) in [7, 11) is 1.81. The molecule has 0 aliphatic carbocycles. The zero-order valence-corrected chi connectivity index (χ0v) is 18.5. The van der Waals surface area contributed by atoms with E-state index in [1.165, 1.54) is 20.8 Å². The highest BCUT2D eigenvalue weighted by Gasteiger charge is 2.53. The minimum atomic E-state index is -2.45. The van der Waals surface area contributed by atoms with Crippen LogP contribution in [0.3, 0.4) is 0 Å². The zero-order chi connectivity index (χ0) is 23.6. The van der Waals surface area contributed by atoms with Crippen molar-refractivity contribution in [3.05, 3.63) is 11.6 Å². The Kier molecular flexibility index (Phi) is 7.61. The molecule has 10 heteroatoms. The van der Waals surface area contributed by atoms with Gasteiger partial charge in [-0.15, -0.1) is 0 Å². The molecule has 5 atom stereocenters. The Hall–Kier alpha value is -2.30. The second kappa shape index (κ2) is 9.46. The van der Waals surface area contributed by atoms with E-state index in [2.05, 4.69) is 0 Å². The highest BCUT2D eigenvalue weighted by molar-refractivity contribution is 6.01. The van der Waals surface area contributed by atoms with Crippen molar-refractivity contribution in [3.8, 4) is 0 Å². The van der Waals surface area contributed by atoms with E-state index in [1.807, 2.05) is 11.9 Å². The van der Waals surface area contributed by atoms with Gasteiger partial charge in [-0.05, 0) is 27.3 Å². The molecule has 0 aromatic carbocycles. The minimum absolute atomic E-state index is 0.122. The predicted octanol–water partition coefficient (Wildman–Crippen LogP) is -0.254. The number of esters is 3. The molecule has 2 aliphatic heterocycles. The van der Waals surface area contributed by atoms with Gasteiger partial charge in [0.1, 0.15) is 6.61 Å². The van der Waals surface area contributed by atoms with Crippen LogP contribution in [0.15, 0.2) is 11.6 Å². The summed E-state index contributed by atoms with van der Waals surface area (Å²) >= 11 is 0. The Labute approximate surface area is 181 Å². The fourth-order valence-corrected chi connectivity index (χ4v) is 3.62. The van der Waals surface area contributed by atoms with Gasteiger partial charge < -0.3 is 29.3 Å². The van der Waals surface area contributed by atoms with Gasteiger partial charge in [0.25, 0.3) is 0 Å². The highest BCUT2D eigenvalue weighted by Crippen LogP contribution is 2.34. The lowest BCUT2D eigenvalue weighted by Crippen LogP contribution is -2.57. The first kappa shape index (κ1) is 25.0. The van der Waals surface area contributed by atoms with Gasteiger partial charge in [0, 0.05) is 37.9 Å². The van der Waals surface area contributed by atoms with Crippen LogP contribution in [0.1, 0.15) is 40.5 Å². The SMILES string of the molecule is CC(=O)O[C@]1(C)C(=O)OC/C2=C/CN(C)CCC(OC(=O)[C@@](O)(C(C)O)C[C@H]1C)C2=O. The summed E-state index contributed by atoms with van der Waals surface area (Å²) in [5.74, 6) is -4.39. The van der Waals surface area contributed by atoms with Crippen molar-refractivity contribution in [2.45, 2.75) is 63.9 Å². The molecule has 0 saturated carbocycles. The normalized spacial score (nSPS) is 36.4. The number of aliphatic hydroxyl groups is 2. The third-order valence-electron chi connectivity index (χ3n) is 6.00. The molecule has 2 aliphatic rings. The Bertz CT molecular complexity index is 777. The molecular weight excluding hydrogens is 410 g/mol. The third-order valence-corrected chi connectivity index (χ3v) is 6.00. The standard InChI is InChI=1S/C21H31NO9/c1-12-10-21(28,13(2)23)19(27)30-16-7-9-22(5)8-6-15(17(16)25)11-29-18(26)20(12,4)31-14(3)24/h6,12-13,16,23,28H,7-11H2,1-5H3/b15-6-/t12-,13?,16?,20+,21+/m1/s1. The van der Waals surface area contributed by atoms with Crippen LogP contribution < -0.4 is 0 Å². The molecule has 1 fully saturated rings. The number of fused-ring (bicyclic) bond motifs is 2. The zero-order valence-electron chi connectivity index (χ0n) is 18.5. The fourth-order valence-electron chi connectivity index (χ4n) is 3.62. The lowest BCUT2D eigenvalue weighted by atomic mass is 9.78. The Morgan fingerprint density at radius 3 is 2.55 bits per heavy atom. The number of hydrogen-bond donors (Lipinski definition) is 2. The van der Waals surface area contributed by atoms with Crippen LogP contribution in [-0.2, 0) is 33.4 Å². The van der Waals surface area contributed by atoms with Crippen LogP contribution in [0.25, 0.3) is 0 Å². The molecule has 10 nitrogen and oxygen atoms in total. The fraction of sp³-hybridized carbons (Fsp3) is 0.714. The average Bonchev–Trinajstić information content (AvgIpc) is 2.67. The number of cyclic esters (lactones) is 1. The number of carbonyl (C=O) groups excluding carboxylic acids is 4. The van der Waals surface area contributed by atoms with Crippen molar-refractivity contribution in [2.75, 3.05) is 26.7 Å². The average molecular weight is 441 g/mol. The number of likely N-dealkylation sites (N-methyl/N-ethyl adjacent to an activating group) is 1. The number of rotatable bonds is 2. The van der Waals surface area contributed by atoms with Crippen LogP contribution >= 0.6 is 0 Å². The molecule has 0 amide bonds. The molecule has 2 unspecified atom stereocenters. The van der Waals surface area contributed by atoms with Gasteiger partial charge in [-0.2, -0.15) is 0 Å². The first-order valence-corrected chi connectivity index (χ1v) is 10.2. The Morgan fingerprint density at radius 2 is 1.97 bits per heavy atom. The molecule has 2 N–H and O–H groups in total. The molecule has 31 heavy (non-hydrogen) atoms. The quantitative estimate of drug-likeness (QED) is 0.435. The van der Waals surface area contributed by atoms with E-state index in [1.54, 1.807) is 6.08 Å². The van der Waals surface area contributed by atoms with Crippen LogP contribution in [0.5, 0.6) is 0 Å². The van der Waals surface area contributed by atoms with Crippen molar-refractivity contribution in [3.63, 3.8) is 0 Å². The van der Waals surface area contributed by atoms with Gasteiger partial charge in [-0.25, -0.2) is 9.59 Å². The number of carbonyl (C=O) groups is 4. The van der Waals surface area contributed by atoms with E-state index in [0.717, 1.165) is 6.92 Å². The lowest BCUT2D eigenvalue weighted by Gasteiger charge is -2.39. The van der Waals surface area contributed by atoms with E-state index in [9.17, 15) is 29.4 Å². The molecule has 0 aromatic heterocycles. The van der Waals surface area contributed by atoms with E-state index >= 15 is 0 Å². The highest BCUT2D eigenvalue weighted by atomic mass is 16.6. The van der Waals surface area contributed by atoms with E-state index in [4.69, 9.17) is 14.2 Å². The maximum absolute atomic E-state index is 13.0. The largest absolute Gasteiger partial charge is 0.458 e. The first-order valence-electron chi connectivity index (χ1n) is 10.2. The van der Waals surface area contributed by atoms with Gasteiger partial charge in [0.2, 0.25) is 11.4 Å². The van der Waals surface area contributed by atoms with Crippen molar-refractivity contribution < 1.29 is 43.6 Å². The summed E-state index contributed by atoms with van der Waals surface area (Å²) < 4.78 is 16.0. The number of ether oxygens (including phenoxy) is 3. The van der Waals surface area contributed by atoms with Crippen LogP contribution in [0.4, 0.5) is 0 Å². The second-order valence-electron chi connectivity index (χ2n) is 8.52. The molecule has 2 rings (SSSR count). The molecular formula is C21H31NO9. The third kappa shape index (κ3) is 5.31. The van der Waals surface area contributed by atoms with Crippen LogP contribution in [-0.4, -0.2) is 89.0 Å². The van der Waals surface area contributed by atoms with Crippen molar-refractivity contribution in [1.29, 1.82) is 0 Å². The van der Waals surface area contributed by atoms with Gasteiger partial charge in [-0.3, -0.25) is 9.59 Å². The van der Waals surface area contributed by atoms with Crippen LogP contribution in [0.2, 0.25) is 0 Å². The molecule has 0 aromatic rings. The van der Waals surface area contributed by atoms with E-state index < -0.39 is 59.4 Å². The molecule has 0 spiro atoms. The minimum Gasteiger partial charge on any atom is -0.458 e. The Morgan fingerprint density at radius 1 is 1.32 bits per heavy atom. The molecule has 0 radical (unpaired) electrons. The monoisotopic (exact) mass is 441 g/mol. The number of ketones is 1. The summed E-state index contributed by atoms with van der Waals surface area (Å²) in [6.45, 7) is 5.55. The maximum Gasteiger partial charge on any atom is 0.350 e. The van der Waals surface area contributed by atoms with Crippen molar-refractivity contribution in [2.24, 2.45) is 5.92 Å². The molecule has 2 bridgehead atoms. The molecule has 1 saturated heterocycles. The lowest BCUT2D eigenvalue weighted by molar-refractivity contribution is -0.199. The van der Waals surface area contributed by atoms with Gasteiger partial charge in [0.05, 0.1) is 6.10 Å². The smallest absolute Gasteiger partial charge is 0.350 e. The van der Waals surface area contributed by atoms with Gasteiger partial charge in [0.15, 0.2) is 11.7 Å². The summed E-state index contributed by atoms with van der Waals surface area (Å²) in [5.41, 5.74) is -4.20. The number of Topliss-reactive ketones (excluding diaryl/α,β-unsaturated/α-hetero) is 1. The predicted molar refractivity (Wildman–Crippen MR) is 107 cm³/mol. The number of nitrogens with zero attached hydrogens (tertiary/aromatic N) is 1. The van der Waals surface area contributed by atoms with Crippen LogP contribution in [0, 0.1) is 5.92 Å². The number of aliphatic hydroxyl groups excluding tert-OH is 1. The molecule has 174 valence electrons. The van der Waals surface area contributed by atoms with E-state index in [0.29, 0.717) is 13.1 Å². The number of hydrogen-bond acceptors (Lipinski definition) is 10. The topological polar surface area (TPSA) is 140 Å². The van der Waals surface area contributed by atoms with Gasteiger partial charge in [-0.1, -0.05) is 13.0 Å². The van der Waals surface area contributed by atoms with Crippen molar-refractivity contribution >= 4 is 23.7 Å². The first-order chi connectivity index (χ1) is 14.3.